The van der Waals surface area contributed by atoms with E-state index in [9.17, 15) is 14.4 Å². The van der Waals surface area contributed by atoms with Crippen LogP contribution in [0.1, 0.15) is 35.4 Å². The first kappa shape index (κ1) is 23.0. The molecule has 1 aromatic carbocycles. The highest BCUT2D eigenvalue weighted by molar-refractivity contribution is 7.99. The highest BCUT2D eigenvalue weighted by Gasteiger charge is 2.23. The van der Waals surface area contributed by atoms with Crippen molar-refractivity contribution in [2.24, 2.45) is 14.1 Å². The van der Waals surface area contributed by atoms with E-state index in [1.54, 1.807) is 0 Å². The first-order valence-electron chi connectivity index (χ1n) is 10.8. The van der Waals surface area contributed by atoms with Crippen molar-refractivity contribution in [3.63, 3.8) is 0 Å². The van der Waals surface area contributed by atoms with Gasteiger partial charge in [-0.15, -0.1) is 10.2 Å². The third-order valence-corrected chi connectivity index (χ3v) is 6.78. The molecule has 3 aromatic rings. The summed E-state index contributed by atoms with van der Waals surface area (Å²) in [7, 11) is 2.76. The van der Waals surface area contributed by atoms with Gasteiger partial charge >= 0.3 is 5.69 Å². The minimum absolute atomic E-state index is 0.0632. The number of carbonyl (C=O) groups is 1. The van der Waals surface area contributed by atoms with E-state index in [-0.39, 0.29) is 17.1 Å². The first-order chi connectivity index (χ1) is 15.9. The average Bonchev–Trinajstić information content (AvgIpc) is 3.23. The fourth-order valence-corrected chi connectivity index (χ4v) is 4.82. The number of anilines is 1. The summed E-state index contributed by atoms with van der Waals surface area (Å²) in [6, 6.07) is 9.75. The van der Waals surface area contributed by atoms with E-state index in [2.05, 4.69) is 15.1 Å². The monoisotopic (exact) mass is 469 g/mol. The number of nitrogen functional groups attached to an aromatic ring is 1. The van der Waals surface area contributed by atoms with Crippen molar-refractivity contribution in [1.29, 1.82) is 0 Å². The van der Waals surface area contributed by atoms with Crippen LogP contribution in [0, 0.1) is 0 Å². The molecule has 0 unspecified atom stereocenters. The molecular formula is C22H27N7O3S. The van der Waals surface area contributed by atoms with Crippen molar-refractivity contribution in [2.75, 3.05) is 24.6 Å². The topological polar surface area (TPSA) is 121 Å². The van der Waals surface area contributed by atoms with E-state index in [0.717, 1.165) is 33.7 Å². The molecule has 0 aliphatic carbocycles. The van der Waals surface area contributed by atoms with Crippen LogP contribution in [0.3, 0.4) is 0 Å². The minimum Gasteiger partial charge on any atom is -0.384 e. The van der Waals surface area contributed by atoms with Crippen molar-refractivity contribution in [1.82, 2.24) is 28.8 Å². The molecule has 1 fully saturated rings. The molecule has 0 atom stereocenters. The maximum Gasteiger partial charge on any atom is 0.332 e. The number of nitrogens with zero attached hydrogens (tertiary/aromatic N) is 6. The van der Waals surface area contributed by atoms with Crippen molar-refractivity contribution in [3.05, 3.63) is 62.6 Å². The van der Waals surface area contributed by atoms with Gasteiger partial charge in [-0.05, 0) is 38.1 Å². The number of hydrogen-bond acceptors (Lipinski definition) is 8. The lowest BCUT2D eigenvalue weighted by atomic mass is 10.1. The number of benzene rings is 1. The van der Waals surface area contributed by atoms with Crippen LogP contribution in [-0.4, -0.2) is 53.4 Å². The van der Waals surface area contributed by atoms with Gasteiger partial charge in [-0.25, -0.2) is 4.79 Å². The van der Waals surface area contributed by atoms with Crippen LogP contribution >= 0.6 is 11.8 Å². The van der Waals surface area contributed by atoms with Gasteiger partial charge in [0.15, 0.2) is 16.8 Å². The number of aromatic nitrogens is 5. The Bertz CT molecular complexity index is 1270. The number of piperidine rings is 1. The molecule has 2 N–H and O–H groups in total. The third kappa shape index (κ3) is 4.64. The second-order valence-corrected chi connectivity index (χ2v) is 9.03. The second-order valence-electron chi connectivity index (χ2n) is 8.08. The molecule has 11 heteroatoms. The molecule has 0 amide bonds. The van der Waals surface area contributed by atoms with Crippen LogP contribution in [0.4, 0.5) is 5.82 Å². The molecule has 0 bridgehead atoms. The number of thioether (sulfide) groups is 1. The standard InChI is InChI=1S/C22H27N7O3S/c1-26-19(23)18(20(31)27(2)22(26)32)16(30)14-33-21-25-24-17(13-28-11-7-4-8-12-28)29(21)15-9-5-3-6-10-15/h3,5-6,9-10H,4,7-8,11-14,23H2,1-2H3. The highest BCUT2D eigenvalue weighted by Crippen LogP contribution is 2.24. The summed E-state index contributed by atoms with van der Waals surface area (Å²) in [5.74, 6) is 0.139. The largest absolute Gasteiger partial charge is 0.384 e. The lowest BCUT2D eigenvalue weighted by Gasteiger charge is -2.26. The zero-order chi connectivity index (χ0) is 23.5. The summed E-state index contributed by atoms with van der Waals surface area (Å²) < 4.78 is 3.94. The highest BCUT2D eigenvalue weighted by atomic mass is 32.2. The van der Waals surface area contributed by atoms with E-state index < -0.39 is 17.0 Å². The van der Waals surface area contributed by atoms with Crippen molar-refractivity contribution in [3.8, 4) is 5.69 Å². The zero-order valence-electron chi connectivity index (χ0n) is 18.7. The van der Waals surface area contributed by atoms with Gasteiger partial charge in [0.1, 0.15) is 11.4 Å². The maximum atomic E-state index is 13.0. The Kier molecular flexibility index (Phi) is 6.80. The summed E-state index contributed by atoms with van der Waals surface area (Å²) in [6.45, 7) is 2.72. The molecule has 1 aliphatic rings. The number of carbonyl (C=O) groups excluding carboxylic acids is 1. The van der Waals surface area contributed by atoms with Crippen LogP contribution in [0.15, 0.2) is 45.1 Å². The summed E-state index contributed by atoms with van der Waals surface area (Å²) >= 11 is 1.19. The molecule has 1 saturated heterocycles. The van der Waals surface area contributed by atoms with Gasteiger partial charge in [0, 0.05) is 19.8 Å². The molecule has 0 radical (unpaired) electrons. The van der Waals surface area contributed by atoms with Gasteiger partial charge < -0.3 is 5.73 Å². The predicted molar refractivity (Wildman–Crippen MR) is 127 cm³/mol. The smallest absolute Gasteiger partial charge is 0.332 e. The van der Waals surface area contributed by atoms with Crippen molar-refractivity contribution in [2.45, 2.75) is 31.0 Å². The van der Waals surface area contributed by atoms with E-state index in [0.29, 0.717) is 11.7 Å². The Morgan fingerprint density at radius 1 is 1.03 bits per heavy atom. The number of rotatable bonds is 7. The quantitative estimate of drug-likeness (QED) is 0.405. The number of nitrogens with two attached hydrogens (primary N) is 1. The molecule has 174 valence electrons. The van der Waals surface area contributed by atoms with Gasteiger partial charge in [-0.2, -0.15) is 0 Å². The van der Waals surface area contributed by atoms with Crippen molar-refractivity contribution >= 4 is 23.4 Å². The lowest BCUT2D eigenvalue weighted by molar-refractivity contribution is 0.102. The fourth-order valence-electron chi connectivity index (χ4n) is 3.97. The number of likely N-dealkylation sites (tertiary alicyclic amines) is 1. The summed E-state index contributed by atoms with van der Waals surface area (Å²) in [5, 5.41) is 9.32. The summed E-state index contributed by atoms with van der Waals surface area (Å²) in [5.41, 5.74) is 5.38. The van der Waals surface area contributed by atoms with Crippen LogP contribution in [0.5, 0.6) is 0 Å². The van der Waals surface area contributed by atoms with Crippen molar-refractivity contribution < 1.29 is 4.79 Å². The molecule has 1 aliphatic heterocycles. The number of hydrogen-bond donors (Lipinski definition) is 1. The van der Waals surface area contributed by atoms with E-state index in [4.69, 9.17) is 5.73 Å². The fraction of sp³-hybridized carbons (Fsp3) is 0.409. The molecule has 4 rings (SSSR count). The first-order valence-corrected chi connectivity index (χ1v) is 11.8. The van der Waals surface area contributed by atoms with Gasteiger partial charge in [-0.1, -0.05) is 36.4 Å². The van der Waals surface area contributed by atoms with E-state index in [1.165, 1.54) is 45.1 Å². The second kappa shape index (κ2) is 9.75. The SMILES string of the molecule is Cn1c(N)c(C(=O)CSc2nnc(CN3CCCCC3)n2-c2ccccc2)c(=O)n(C)c1=O. The zero-order valence-corrected chi connectivity index (χ0v) is 19.5. The van der Waals surface area contributed by atoms with E-state index >= 15 is 0 Å². The third-order valence-electron chi connectivity index (χ3n) is 5.85. The Labute approximate surface area is 195 Å². The minimum atomic E-state index is -0.698. The lowest BCUT2D eigenvalue weighted by Crippen LogP contribution is -2.41. The number of ketones is 1. The number of Topliss-reactive ketones (excluding diaryl/α,β-unsaturated/α-hetero) is 1. The molecule has 0 spiro atoms. The Morgan fingerprint density at radius 3 is 2.42 bits per heavy atom. The summed E-state index contributed by atoms with van der Waals surface area (Å²) in [6.07, 6.45) is 3.59. The number of para-hydroxylation sites is 1. The predicted octanol–water partition coefficient (Wildman–Crippen LogP) is 1.21. The van der Waals surface area contributed by atoms with Crippen LogP contribution in [-0.2, 0) is 20.6 Å². The van der Waals surface area contributed by atoms with Gasteiger partial charge in [0.25, 0.3) is 5.56 Å². The molecule has 0 saturated carbocycles. The summed E-state index contributed by atoms with van der Waals surface area (Å²) in [4.78, 5) is 39.9. The van der Waals surface area contributed by atoms with Crippen LogP contribution < -0.4 is 17.0 Å². The molecule has 10 nitrogen and oxygen atoms in total. The Balaban J connectivity index is 1.62. The van der Waals surface area contributed by atoms with Gasteiger partial charge in [0.05, 0.1) is 12.3 Å². The van der Waals surface area contributed by atoms with Gasteiger partial charge in [0.2, 0.25) is 0 Å². The maximum absolute atomic E-state index is 13.0. The van der Waals surface area contributed by atoms with E-state index in [1.807, 2.05) is 34.9 Å². The average molecular weight is 470 g/mol. The molecular weight excluding hydrogens is 442 g/mol. The normalized spacial score (nSPS) is 14.5. The van der Waals surface area contributed by atoms with Crippen LogP contribution in [0.25, 0.3) is 5.69 Å². The molecule has 3 heterocycles. The van der Waals surface area contributed by atoms with Gasteiger partial charge in [-0.3, -0.25) is 28.2 Å². The molecule has 33 heavy (non-hydrogen) atoms. The van der Waals surface area contributed by atoms with Crippen LogP contribution in [0.2, 0.25) is 0 Å². The Hall–Kier alpha value is -3.18. The molecule has 2 aromatic heterocycles. The Morgan fingerprint density at radius 2 is 1.73 bits per heavy atom.